The highest BCUT2D eigenvalue weighted by molar-refractivity contribution is 5.24. The van der Waals surface area contributed by atoms with Crippen molar-refractivity contribution in [2.75, 3.05) is 0 Å². The first-order chi connectivity index (χ1) is 10.5. The fraction of sp³-hybridized carbons (Fsp3) is 0.905. The van der Waals surface area contributed by atoms with Crippen LogP contribution in [0.25, 0.3) is 0 Å². The van der Waals surface area contributed by atoms with Crippen LogP contribution in [0.1, 0.15) is 78.1 Å². The van der Waals surface area contributed by atoms with Crippen LogP contribution >= 0.6 is 0 Å². The third-order valence-corrected chi connectivity index (χ3v) is 8.40. The molecule has 0 N–H and O–H groups in total. The monoisotopic (exact) mass is 300 g/mol. The van der Waals surface area contributed by atoms with E-state index in [1.54, 1.807) is 5.57 Å². The molecule has 0 aromatic rings. The Balaban J connectivity index is 1.55. The van der Waals surface area contributed by atoms with Crippen molar-refractivity contribution in [3.05, 3.63) is 12.2 Å². The largest absolute Gasteiger partial charge is 0.365 e. The standard InChI is InChI=1S/C21H32O/c1-14-11-20(8-4-5-9-20)18-21(22-18)10-6-7-15(12-21)17-16(14)13-19(17,2)3/h15-18H,1,4-13H2,2-3H3/t15-,16+,17+,18-,21+/m0/s1. The predicted molar refractivity (Wildman–Crippen MR) is 89.6 cm³/mol. The number of ether oxygens (including phenoxy) is 1. The number of hydrogen-bond acceptors (Lipinski definition) is 1. The van der Waals surface area contributed by atoms with E-state index in [2.05, 4.69) is 20.4 Å². The SMILES string of the molecule is C=C1CC2(CCCC2)[C@@H]2O[C@@]23CCC[C@@H](C3)[C@@H]2[C@@H]1CC2(C)C. The van der Waals surface area contributed by atoms with E-state index in [0.717, 1.165) is 17.8 Å². The van der Waals surface area contributed by atoms with E-state index >= 15 is 0 Å². The van der Waals surface area contributed by atoms with Gasteiger partial charge in [0.2, 0.25) is 0 Å². The molecule has 1 heteroatoms. The number of allylic oxidation sites excluding steroid dienone is 1. The van der Waals surface area contributed by atoms with Crippen LogP contribution in [0, 0.1) is 28.6 Å². The molecule has 1 heterocycles. The van der Waals surface area contributed by atoms with Crippen molar-refractivity contribution in [1.82, 2.24) is 0 Å². The van der Waals surface area contributed by atoms with E-state index in [-0.39, 0.29) is 0 Å². The van der Waals surface area contributed by atoms with Gasteiger partial charge in [0.15, 0.2) is 0 Å². The summed E-state index contributed by atoms with van der Waals surface area (Å²) in [5, 5.41) is 0. The zero-order valence-electron chi connectivity index (χ0n) is 14.5. The van der Waals surface area contributed by atoms with Crippen molar-refractivity contribution in [2.24, 2.45) is 28.6 Å². The zero-order valence-corrected chi connectivity index (χ0v) is 14.5. The lowest BCUT2D eigenvalue weighted by Crippen LogP contribution is -2.50. The molecule has 122 valence electrons. The van der Waals surface area contributed by atoms with Crippen molar-refractivity contribution in [3.63, 3.8) is 0 Å². The van der Waals surface area contributed by atoms with E-state index in [4.69, 9.17) is 4.74 Å². The van der Waals surface area contributed by atoms with Crippen LogP contribution in [0.3, 0.4) is 0 Å². The topological polar surface area (TPSA) is 12.5 Å². The van der Waals surface area contributed by atoms with Gasteiger partial charge >= 0.3 is 0 Å². The molecule has 0 amide bonds. The van der Waals surface area contributed by atoms with Gasteiger partial charge in [0.25, 0.3) is 0 Å². The second-order valence-corrected chi connectivity index (χ2v) is 10.1. The fourth-order valence-electron chi connectivity index (χ4n) is 7.62. The Morgan fingerprint density at radius 3 is 2.55 bits per heavy atom. The highest BCUT2D eigenvalue weighted by atomic mass is 16.6. The van der Waals surface area contributed by atoms with Crippen molar-refractivity contribution in [1.29, 1.82) is 0 Å². The molecule has 0 unspecified atom stereocenters. The molecule has 4 saturated carbocycles. The Bertz CT molecular complexity index is 512. The maximum Gasteiger partial charge on any atom is 0.0957 e. The molecular formula is C21H32O. The van der Waals surface area contributed by atoms with Gasteiger partial charge in [0, 0.05) is 5.41 Å². The summed E-state index contributed by atoms with van der Waals surface area (Å²) in [6.45, 7) is 9.66. The summed E-state index contributed by atoms with van der Waals surface area (Å²) < 4.78 is 6.57. The van der Waals surface area contributed by atoms with E-state index in [1.807, 2.05) is 0 Å². The van der Waals surface area contributed by atoms with Crippen molar-refractivity contribution >= 4 is 0 Å². The van der Waals surface area contributed by atoms with E-state index in [0.29, 0.717) is 22.5 Å². The molecule has 0 aromatic heterocycles. The highest BCUT2D eigenvalue weighted by Gasteiger charge is 2.69. The van der Waals surface area contributed by atoms with Gasteiger partial charge in [-0.25, -0.2) is 0 Å². The number of epoxide rings is 1. The van der Waals surface area contributed by atoms with Crippen LogP contribution in [0.2, 0.25) is 0 Å². The van der Waals surface area contributed by atoms with Crippen molar-refractivity contribution in [2.45, 2.75) is 89.8 Å². The Morgan fingerprint density at radius 2 is 1.82 bits per heavy atom. The molecular weight excluding hydrogens is 268 g/mol. The lowest BCUT2D eigenvalue weighted by Gasteiger charge is -2.57. The molecule has 0 aromatic carbocycles. The normalized spacial score (nSPS) is 51.1. The van der Waals surface area contributed by atoms with Gasteiger partial charge < -0.3 is 4.74 Å². The lowest BCUT2D eigenvalue weighted by atomic mass is 9.48. The van der Waals surface area contributed by atoms with Crippen LogP contribution in [-0.2, 0) is 4.74 Å². The number of fused-ring (bicyclic) bond motifs is 4. The van der Waals surface area contributed by atoms with Gasteiger partial charge in [0.05, 0.1) is 11.7 Å². The molecule has 1 saturated heterocycles. The Kier molecular flexibility index (Phi) is 2.69. The molecule has 1 aliphatic heterocycles. The molecule has 5 aliphatic rings. The number of hydrogen-bond donors (Lipinski definition) is 0. The third kappa shape index (κ3) is 1.70. The first-order valence-electron chi connectivity index (χ1n) is 9.81. The van der Waals surface area contributed by atoms with Crippen LogP contribution < -0.4 is 0 Å². The molecule has 4 aliphatic carbocycles. The Hall–Kier alpha value is -0.300. The summed E-state index contributed by atoms with van der Waals surface area (Å²) in [6.07, 6.45) is 14.5. The molecule has 2 spiro atoms. The van der Waals surface area contributed by atoms with E-state index < -0.39 is 0 Å². The quantitative estimate of drug-likeness (QED) is 0.425. The molecule has 5 rings (SSSR count). The Morgan fingerprint density at radius 1 is 1.05 bits per heavy atom. The van der Waals surface area contributed by atoms with E-state index in [1.165, 1.54) is 64.2 Å². The van der Waals surface area contributed by atoms with Crippen molar-refractivity contribution in [3.8, 4) is 0 Å². The summed E-state index contributed by atoms with van der Waals surface area (Å²) in [6, 6.07) is 0. The van der Waals surface area contributed by atoms with Gasteiger partial charge in [0.1, 0.15) is 0 Å². The molecule has 1 nitrogen and oxygen atoms in total. The van der Waals surface area contributed by atoms with Gasteiger partial charge in [-0.1, -0.05) is 45.3 Å². The number of rotatable bonds is 0. The summed E-state index contributed by atoms with van der Waals surface area (Å²) in [5.41, 5.74) is 2.92. The van der Waals surface area contributed by atoms with E-state index in [9.17, 15) is 0 Å². The van der Waals surface area contributed by atoms with Gasteiger partial charge in [-0.3, -0.25) is 0 Å². The first kappa shape index (κ1) is 14.1. The second-order valence-electron chi connectivity index (χ2n) is 10.1. The van der Waals surface area contributed by atoms with Crippen molar-refractivity contribution < 1.29 is 4.74 Å². The minimum absolute atomic E-state index is 0.300. The zero-order chi connectivity index (χ0) is 15.2. The minimum Gasteiger partial charge on any atom is -0.365 e. The maximum atomic E-state index is 6.57. The van der Waals surface area contributed by atoms with Gasteiger partial charge in [-0.2, -0.15) is 0 Å². The second kappa shape index (κ2) is 4.21. The molecule has 5 fully saturated rings. The molecule has 0 radical (unpaired) electrons. The fourth-order valence-corrected chi connectivity index (χ4v) is 7.62. The minimum atomic E-state index is 0.300. The third-order valence-electron chi connectivity index (χ3n) is 8.40. The molecule has 22 heavy (non-hydrogen) atoms. The first-order valence-corrected chi connectivity index (χ1v) is 9.81. The highest BCUT2D eigenvalue weighted by Crippen LogP contribution is 2.69. The van der Waals surface area contributed by atoms with Crippen LogP contribution in [0.5, 0.6) is 0 Å². The smallest absolute Gasteiger partial charge is 0.0957 e. The molecule has 5 atom stereocenters. The average molecular weight is 300 g/mol. The summed E-state index contributed by atoms with van der Waals surface area (Å²) in [7, 11) is 0. The summed E-state index contributed by atoms with van der Waals surface area (Å²) in [4.78, 5) is 0. The van der Waals surface area contributed by atoms with Crippen LogP contribution in [-0.4, -0.2) is 11.7 Å². The van der Waals surface area contributed by atoms with Gasteiger partial charge in [-0.05, 0) is 68.1 Å². The van der Waals surface area contributed by atoms with Crippen LogP contribution in [0.15, 0.2) is 12.2 Å². The average Bonchev–Trinajstić information content (AvgIpc) is 2.93. The lowest BCUT2D eigenvalue weighted by molar-refractivity contribution is -0.0568. The molecule has 2 bridgehead atoms. The van der Waals surface area contributed by atoms with Gasteiger partial charge in [-0.15, -0.1) is 0 Å². The summed E-state index contributed by atoms with van der Waals surface area (Å²) in [5.74, 6) is 2.62. The van der Waals surface area contributed by atoms with Crippen LogP contribution in [0.4, 0.5) is 0 Å². The Labute approximate surface area is 135 Å². The maximum absolute atomic E-state index is 6.57. The summed E-state index contributed by atoms with van der Waals surface area (Å²) >= 11 is 0. The predicted octanol–water partition coefficient (Wildman–Crippen LogP) is 5.50.